The highest BCUT2D eigenvalue weighted by Gasteiger charge is 2.36. The number of carbonyl (C=O) groups is 2. The summed E-state index contributed by atoms with van der Waals surface area (Å²) in [4.78, 5) is 27.7. The standard InChI is InChI=1S/C14H17N3O2/c18-13(16-8-4-5-9-16)12-10-17(14(19)15-12)11-6-2-1-3-7-11/h1-3,6-7,12H,4-5,8-10H2,(H,15,19). The molecule has 2 aliphatic heterocycles. The molecule has 2 fully saturated rings. The van der Waals surface area contributed by atoms with Gasteiger partial charge in [0.1, 0.15) is 6.04 Å². The summed E-state index contributed by atoms with van der Waals surface area (Å²) in [6.07, 6.45) is 2.13. The molecule has 1 N–H and O–H groups in total. The van der Waals surface area contributed by atoms with Gasteiger partial charge in [-0.05, 0) is 25.0 Å². The first kappa shape index (κ1) is 12.0. The zero-order valence-corrected chi connectivity index (χ0v) is 10.7. The Bertz CT molecular complexity index is 483. The molecule has 0 spiro atoms. The van der Waals surface area contributed by atoms with E-state index in [1.807, 2.05) is 35.2 Å². The smallest absolute Gasteiger partial charge is 0.322 e. The lowest BCUT2D eigenvalue weighted by Crippen LogP contribution is -2.44. The minimum Gasteiger partial charge on any atom is -0.341 e. The Labute approximate surface area is 112 Å². The molecule has 1 unspecified atom stereocenters. The van der Waals surface area contributed by atoms with Crippen molar-refractivity contribution in [1.29, 1.82) is 0 Å². The largest absolute Gasteiger partial charge is 0.341 e. The van der Waals surface area contributed by atoms with Gasteiger partial charge in [-0.15, -0.1) is 0 Å². The first-order valence-electron chi connectivity index (χ1n) is 6.67. The van der Waals surface area contributed by atoms with E-state index in [0.717, 1.165) is 31.6 Å². The third-order valence-corrected chi connectivity index (χ3v) is 3.69. The number of para-hydroxylation sites is 1. The Kier molecular flexibility index (Phi) is 3.11. The molecule has 0 radical (unpaired) electrons. The highest BCUT2D eigenvalue weighted by atomic mass is 16.2. The molecule has 19 heavy (non-hydrogen) atoms. The van der Waals surface area contributed by atoms with Crippen LogP contribution in [0, 0.1) is 0 Å². The van der Waals surface area contributed by atoms with Crippen LogP contribution in [0.1, 0.15) is 12.8 Å². The summed E-state index contributed by atoms with van der Waals surface area (Å²) in [6, 6.07) is 8.83. The van der Waals surface area contributed by atoms with Gasteiger partial charge in [-0.25, -0.2) is 4.79 Å². The van der Waals surface area contributed by atoms with Crippen molar-refractivity contribution < 1.29 is 9.59 Å². The zero-order chi connectivity index (χ0) is 13.2. The number of urea groups is 1. The van der Waals surface area contributed by atoms with Gasteiger partial charge in [0.05, 0.1) is 6.54 Å². The summed E-state index contributed by atoms with van der Waals surface area (Å²) in [5, 5.41) is 2.77. The first-order valence-corrected chi connectivity index (χ1v) is 6.67. The van der Waals surface area contributed by atoms with Crippen LogP contribution in [0.3, 0.4) is 0 Å². The highest BCUT2D eigenvalue weighted by Crippen LogP contribution is 2.19. The predicted octanol–water partition coefficient (Wildman–Crippen LogP) is 1.21. The van der Waals surface area contributed by atoms with E-state index in [1.165, 1.54) is 0 Å². The maximum absolute atomic E-state index is 12.3. The van der Waals surface area contributed by atoms with Gasteiger partial charge >= 0.3 is 6.03 Å². The SMILES string of the molecule is O=C(C1CN(c2ccccc2)C(=O)N1)N1CCCC1. The number of amides is 3. The zero-order valence-electron chi connectivity index (χ0n) is 10.7. The summed E-state index contributed by atoms with van der Waals surface area (Å²) in [5.74, 6) is 0.0456. The molecule has 1 atom stereocenters. The molecule has 3 amide bonds. The van der Waals surface area contributed by atoms with Crippen LogP contribution < -0.4 is 10.2 Å². The molecule has 2 saturated heterocycles. The predicted molar refractivity (Wildman–Crippen MR) is 71.9 cm³/mol. The fourth-order valence-corrected chi connectivity index (χ4v) is 2.67. The van der Waals surface area contributed by atoms with Crippen molar-refractivity contribution in [2.24, 2.45) is 0 Å². The van der Waals surface area contributed by atoms with E-state index in [2.05, 4.69) is 5.32 Å². The molecular formula is C14H17N3O2. The van der Waals surface area contributed by atoms with Crippen molar-refractivity contribution >= 4 is 17.6 Å². The van der Waals surface area contributed by atoms with Crippen molar-refractivity contribution in [2.45, 2.75) is 18.9 Å². The number of hydrogen-bond acceptors (Lipinski definition) is 2. The fourth-order valence-electron chi connectivity index (χ4n) is 2.67. The number of anilines is 1. The van der Waals surface area contributed by atoms with Crippen LogP contribution >= 0.6 is 0 Å². The average Bonchev–Trinajstić information content (AvgIpc) is 3.08. The van der Waals surface area contributed by atoms with Gasteiger partial charge in [0.15, 0.2) is 0 Å². The van der Waals surface area contributed by atoms with Crippen molar-refractivity contribution in [3.05, 3.63) is 30.3 Å². The van der Waals surface area contributed by atoms with Gasteiger partial charge in [-0.2, -0.15) is 0 Å². The third kappa shape index (κ3) is 2.28. The minimum absolute atomic E-state index is 0.0456. The Balaban J connectivity index is 1.71. The van der Waals surface area contributed by atoms with E-state index in [1.54, 1.807) is 4.90 Å². The maximum Gasteiger partial charge on any atom is 0.322 e. The highest BCUT2D eigenvalue weighted by molar-refractivity contribution is 6.00. The van der Waals surface area contributed by atoms with Crippen LogP contribution in [0.2, 0.25) is 0 Å². The molecule has 2 heterocycles. The Morgan fingerprint density at radius 1 is 1.16 bits per heavy atom. The second-order valence-electron chi connectivity index (χ2n) is 4.98. The molecule has 2 aliphatic rings. The second-order valence-corrected chi connectivity index (χ2v) is 4.98. The van der Waals surface area contributed by atoms with Crippen molar-refractivity contribution in [2.75, 3.05) is 24.5 Å². The van der Waals surface area contributed by atoms with Gasteiger partial charge in [-0.3, -0.25) is 9.69 Å². The average molecular weight is 259 g/mol. The van der Waals surface area contributed by atoms with E-state index in [4.69, 9.17) is 0 Å². The first-order chi connectivity index (χ1) is 9.25. The Morgan fingerprint density at radius 3 is 2.53 bits per heavy atom. The molecule has 1 aromatic carbocycles. The molecule has 0 bridgehead atoms. The molecule has 1 aromatic rings. The Hall–Kier alpha value is -2.04. The summed E-state index contributed by atoms with van der Waals surface area (Å²) in [6.45, 7) is 2.05. The second kappa shape index (κ2) is 4.91. The van der Waals surface area contributed by atoms with E-state index >= 15 is 0 Å². The lowest BCUT2D eigenvalue weighted by atomic mass is 10.2. The van der Waals surface area contributed by atoms with E-state index in [-0.39, 0.29) is 11.9 Å². The van der Waals surface area contributed by atoms with Crippen LogP contribution in [0.4, 0.5) is 10.5 Å². The van der Waals surface area contributed by atoms with E-state index < -0.39 is 6.04 Å². The third-order valence-electron chi connectivity index (χ3n) is 3.69. The molecular weight excluding hydrogens is 242 g/mol. The van der Waals surface area contributed by atoms with Crippen molar-refractivity contribution in [1.82, 2.24) is 10.2 Å². The number of carbonyl (C=O) groups excluding carboxylic acids is 2. The molecule has 100 valence electrons. The van der Waals surface area contributed by atoms with Gasteiger partial charge in [-0.1, -0.05) is 18.2 Å². The lowest BCUT2D eigenvalue weighted by Gasteiger charge is -2.19. The van der Waals surface area contributed by atoms with Crippen LogP contribution in [-0.4, -0.2) is 42.5 Å². The molecule has 0 aliphatic carbocycles. The van der Waals surface area contributed by atoms with Crippen LogP contribution in [0.5, 0.6) is 0 Å². The number of rotatable bonds is 2. The lowest BCUT2D eigenvalue weighted by molar-refractivity contribution is -0.131. The number of nitrogens with zero attached hydrogens (tertiary/aromatic N) is 2. The maximum atomic E-state index is 12.3. The normalized spacial score (nSPS) is 22.7. The number of likely N-dealkylation sites (tertiary alicyclic amines) is 1. The number of nitrogens with one attached hydrogen (secondary N) is 1. The monoisotopic (exact) mass is 259 g/mol. The molecule has 5 nitrogen and oxygen atoms in total. The Morgan fingerprint density at radius 2 is 1.84 bits per heavy atom. The van der Waals surface area contributed by atoms with Gasteiger partial charge in [0.2, 0.25) is 5.91 Å². The summed E-state index contributed by atoms with van der Waals surface area (Å²) < 4.78 is 0. The summed E-state index contributed by atoms with van der Waals surface area (Å²) >= 11 is 0. The molecule has 3 rings (SSSR count). The van der Waals surface area contributed by atoms with Gasteiger partial charge in [0, 0.05) is 18.8 Å². The fraction of sp³-hybridized carbons (Fsp3) is 0.429. The van der Waals surface area contributed by atoms with Crippen LogP contribution in [0.25, 0.3) is 0 Å². The summed E-state index contributed by atoms with van der Waals surface area (Å²) in [7, 11) is 0. The molecule has 5 heteroatoms. The van der Waals surface area contributed by atoms with Gasteiger partial charge in [0.25, 0.3) is 0 Å². The van der Waals surface area contributed by atoms with Crippen molar-refractivity contribution in [3.8, 4) is 0 Å². The van der Waals surface area contributed by atoms with Crippen molar-refractivity contribution in [3.63, 3.8) is 0 Å². The van der Waals surface area contributed by atoms with Gasteiger partial charge < -0.3 is 10.2 Å². The summed E-state index contributed by atoms with van der Waals surface area (Å²) in [5.41, 5.74) is 0.830. The van der Waals surface area contributed by atoms with E-state index in [0.29, 0.717) is 6.54 Å². The van der Waals surface area contributed by atoms with E-state index in [9.17, 15) is 9.59 Å². The topological polar surface area (TPSA) is 52.7 Å². The number of benzene rings is 1. The van der Waals surface area contributed by atoms with Crippen LogP contribution in [0.15, 0.2) is 30.3 Å². The quantitative estimate of drug-likeness (QED) is 0.868. The number of hydrogen-bond donors (Lipinski definition) is 1. The molecule has 0 aromatic heterocycles. The van der Waals surface area contributed by atoms with Crippen LogP contribution in [-0.2, 0) is 4.79 Å². The minimum atomic E-state index is -0.411. The molecule has 0 saturated carbocycles.